The second-order valence-electron chi connectivity index (χ2n) is 5.48. The van der Waals surface area contributed by atoms with Gasteiger partial charge in [-0.2, -0.15) is 0 Å². The lowest BCUT2D eigenvalue weighted by atomic mass is 9.99. The predicted octanol–water partition coefficient (Wildman–Crippen LogP) is 2.36. The minimum atomic E-state index is 0.561. The monoisotopic (exact) mass is 268 g/mol. The molecular weight excluding hydrogens is 248 g/mol. The van der Waals surface area contributed by atoms with Gasteiger partial charge in [0.1, 0.15) is 11.6 Å². The van der Waals surface area contributed by atoms with Crippen molar-refractivity contribution in [3.8, 4) is 0 Å². The number of aromatic nitrogens is 2. The van der Waals surface area contributed by atoms with Crippen molar-refractivity contribution in [3.63, 3.8) is 0 Å². The number of likely N-dealkylation sites (tertiary alicyclic amines) is 1. The number of anilines is 1. The molecular formula is C16H20N4. The van der Waals surface area contributed by atoms with Crippen molar-refractivity contribution in [1.82, 2.24) is 14.9 Å². The van der Waals surface area contributed by atoms with Gasteiger partial charge in [0.15, 0.2) is 0 Å². The average molecular weight is 268 g/mol. The fraction of sp³-hybridized carbons (Fsp3) is 0.375. The van der Waals surface area contributed by atoms with Crippen LogP contribution in [0.2, 0.25) is 0 Å². The number of rotatable bonds is 3. The number of benzene rings is 1. The summed E-state index contributed by atoms with van der Waals surface area (Å²) in [4.78, 5) is 11.2. The van der Waals surface area contributed by atoms with E-state index in [1.807, 2.05) is 6.92 Å². The Morgan fingerprint density at radius 3 is 2.80 bits per heavy atom. The standard InChI is InChI=1S/C16H20N4/c1-12-9-15(17)19-16(18-12)11-20-8-7-14(10-20)13-5-3-2-4-6-13/h2-6,9,14H,7-8,10-11H2,1H3,(H2,17,18,19). The molecule has 0 saturated carbocycles. The van der Waals surface area contributed by atoms with Crippen LogP contribution in [0.5, 0.6) is 0 Å². The molecule has 1 aliphatic rings. The molecule has 1 aliphatic heterocycles. The van der Waals surface area contributed by atoms with Gasteiger partial charge in [-0.05, 0) is 31.4 Å². The van der Waals surface area contributed by atoms with Crippen LogP contribution in [0.4, 0.5) is 5.82 Å². The number of hydrogen-bond donors (Lipinski definition) is 1. The van der Waals surface area contributed by atoms with Crippen LogP contribution >= 0.6 is 0 Å². The maximum absolute atomic E-state index is 5.78. The summed E-state index contributed by atoms with van der Waals surface area (Å²) in [6, 6.07) is 12.5. The summed E-state index contributed by atoms with van der Waals surface area (Å²) in [5.74, 6) is 2.01. The molecule has 1 saturated heterocycles. The van der Waals surface area contributed by atoms with Crippen LogP contribution in [0.25, 0.3) is 0 Å². The molecule has 1 unspecified atom stereocenters. The molecule has 1 aromatic heterocycles. The smallest absolute Gasteiger partial charge is 0.144 e. The van der Waals surface area contributed by atoms with Crippen LogP contribution in [0.3, 0.4) is 0 Å². The Kier molecular flexibility index (Phi) is 3.65. The fourth-order valence-electron chi connectivity index (χ4n) is 2.90. The summed E-state index contributed by atoms with van der Waals surface area (Å²) < 4.78 is 0. The largest absolute Gasteiger partial charge is 0.384 e. The zero-order valence-electron chi connectivity index (χ0n) is 11.8. The van der Waals surface area contributed by atoms with Gasteiger partial charge >= 0.3 is 0 Å². The van der Waals surface area contributed by atoms with Gasteiger partial charge in [0.2, 0.25) is 0 Å². The molecule has 0 spiro atoms. The summed E-state index contributed by atoms with van der Waals surface area (Å²) in [6.07, 6.45) is 1.20. The van der Waals surface area contributed by atoms with Gasteiger partial charge in [0.25, 0.3) is 0 Å². The highest BCUT2D eigenvalue weighted by Gasteiger charge is 2.24. The molecule has 4 heteroatoms. The van der Waals surface area contributed by atoms with Crippen molar-refractivity contribution >= 4 is 5.82 Å². The van der Waals surface area contributed by atoms with E-state index >= 15 is 0 Å². The summed E-state index contributed by atoms with van der Waals surface area (Å²) in [5, 5.41) is 0. The summed E-state index contributed by atoms with van der Waals surface area (Å²) >= 11 is 0. The quantitative estimate of drug-likeness (QED) is 0.928. The van der Waals surface area contributed by atoms with Crippen LogP contribution < -0.4 is 5.73 Å². The lowest BCUT2D eigenvalue weighted by Gasteiger charge is -2.15. The Hall–Kier alpha value is -1.94. The number of hydrogen-bond acceptors (Lipinski definition) is 4. The molecule has 0 aliphatic carbocycles. The van der Waals surface area contributed by atoms with E-state index in [2.05, 4.69) is 45.2 Å². The van der Waals surface area contributed by atoms with Gasteiger partial charge in [-0.15, -0.1) is 0 Å². The zero-order valence-corrected chi connectivity index (χ0v) is 11.8. The highest BCUT2D eigenvalue weighted by molar-refractivity contribution is 5.29. The number of nitrogens with zero attached hydrogens (tertiary/aromatic N) is 3. The van der Waals surface area contributed by atoms with Crippen LogP contribution in [-0.4, -0.2) is 28.0 Å². The molecule has 1 atom stereocenters. The van der Waals surface area contributed by atoms with E-state index in [1.165, 1.54) is 12.0 Å². The molecule has 1 aromatic carbocycles. The first kappa shape index (κ1) is 13.1. The van der Waals surface area contributed by atoms with Gasteiger partial charge in [-0.3, -0.25) is 4.90 Å². The number of nitrogens with two attached hydrogens (primary N) is 1. The molecule has 0 bridgehead atoms. The second kappa shape index (κ2) is 5.59. The molecule has 3 rings (SSSR count). The second-order valence-corrected chi connectivity index (χ2v) is 5.48. The van der Waals surface area contributed by atoms with E-state index in [0.717, 1.165) is 31.2 Å². The average Bonchev–Trinajstić information content (AvgIpc) is 2.87. The molecule has 1 fully saturated rings. The first-order chi connectivity index (χ1) is 9.70. The first-order valence-corrected chi connectivity index (χ1v) is 7.08. The van der Waals surface area contributed by atoms with Crippen molar-refractivity contribution in [2.45, 2.75) is 25.8 Å². The topological polar surface area (TPSA) is 55.0 Å². The first-order valence-electron chi connectivity index (χ1n) is 7.08. The van der Waals surface area contributed by atoms with E-state index in [-0.39, 0.29) is 0 Å². The highest BCUT2D eigenvalue weighted by atomic mass is 15.2. The normalized spacial score (nSPS) is 19.4. The van der Waals surface area contributed by atoms with E-state index in [4.69, 9.17) is 5.73 Å². The van der Waals surface area contributed by atoms with Crippen molar-refractivity contribution < 1.29 is 0 Å². The molecule has 0 radical (unpaired) electrons. The minimum Gasteiger partial charge on any atom is -0.384 e. The maximum Gasteiger partial charge on any atom is 0.144 e. The third-order valence-electron chi connectivity index (χ3n) is 3.83. The van der Waals surface area contributed by atoms with Crippen LogP contribution in [0.15, 0.2) is 36.4 Å². The van der Waals surface area contributed by atoms with Gasteiger partial charge < -0.3 is 5.73 Å². The molecule has 20 heavy (non-hydrogen) atoms. The predicted molar refractivity (Wildman–Crippen MR) is 80.3 cm³/mol. The maximum atomic E-state index is 5.78. The van der Waals surface area contributed by atoms with E-state index < -0.39 is 0 Å². The Bertz CT molecular complexity index is 562. The SMILES string of the molecule is Cc1cc(N)nc(CN2CCC(c3ccccc3)C2)n1. The number of nitrogen functional groups attached to an aromatic ring is 1. The van der Waals surface area contributed by atoms with Crippen molar-refractivity contribution in [1.29, 1.82) is 0 Å². The molecule has 2 heterocycles. The lowest BCUT2D eigenvalue weighted by molar-refractivity contribution is 0.318. The lowest BCUT2D eigenvalue weighted by Crippen LogP contribution is -2.21. The Morgan fingerprint density at radius 2 is 2.05 bits per heavy atom. The van der Waals surface area contributed by atoms with Crippen LogP contribution in [0.1, 0.15) is 29.4 Å². The van der Waals surface area contributed by atoms with Gasteiger partial charge in [-0.25, -0.2) is 9.97 Å². The van der Waals surface area contributed by atoms with Crippen molar-refractivity contribution in [2.75, 3.05) is 18.8 Å². The number of aryl methyl sites for hydroxylation is 1. The molecule has 2 N–H and O–H groups in total. The summed E-state index contributed by atoms with van der Waals surface area (Å²) in [7, 11) is 0. The Balaban J connectivity index is 1.66. The van der Waals surface area contributed by atoms with E-state index in [9.17, 15) is 0 Å². The van der Waals surface area contributed by atoms with Crippen LogP contribution in [-0.2, 0) is 6.54 Å². The minimum absolute atomic E-state index is 0.561. The summed E-state index contributed by atoms with van der Waals surface area (Å²) in [6.45, 7) is 4.91. The van der Waals surface area contributed by atoms with E-state index in [0.29, 0.717) is 11.7 Å². The fourth-order valence-corrected chi connectivity index (χ4v) is 2.90. The Labute approximate surface area is 119 Å². The van der Waals surface area contributed by atoms with E-state index in [1.54, 1.807) is 6.07 Å². The molecule has 0 amide bonds. The van der Waals surface area contributed by atoms with Gasteiger partial charge in [-0.1, -0.05) is 30.3 Å². The molecule has 104 valence electrons. The van der Waals surface area contributed by atoms with Crippen molar-refractivity contribution in [2.24, 2.45) is 0 Å². The van der Waals surface area contributed by atoms with Crippen molar-refractivity contribution in [3.05, 3.63) is 53.5 Å². The Morgan fingerprint density at radius 1 is 1.25 bits per heavy atom. The highest BCUT2D eigenvalue weighted by Crippen LogP contribution is 2.27. The molecule has 2 aromatic rings. The zero-order chi connectivity index (χ0) is 13.9. The summed E-state index contributed by atoms with van der Waals surface area (Å²) in [5.41, 5.74) is 8.15. The van der Waals surface area contributed by atoms with Gasteiger partial charge in [0.05, 0.1) is 6.54 Å². The molecule has 4 nitrogen and oxygen atoms in total. The van der Waals surface area contributed by atoms with Gasteiger partial charge in [0, 0.05) is 18.3 Å². The third-order valence-corrected chi connectivity index (χ3v) is 3.83. The third kappa shape index (κ3) is 2.96. The van der Waals surface area contributed by atoms with Crippen LogP contribution in [0, 0.1) is 6.92 Å².